The van der Waals surface area contributed by atoms with E-state index in [0.29, 0.717) is 35.1 Å². The Bertz CT molecular complexity index is 2080. The van der Waals surface area contributed by atoms with E-state index in [0.717, 1.165) is 27.6 Å². The van der Waals surface area contributed by atoms with Gasteiger partial charge >= 0.3 is 11.9 Å². The number of amides is 2. The molecule has 0 spiro atoms. The second-order valence-electron chi connectivity index (χ2n) is 12.3. The van der Waals surface area contributed by atoms with E-state index in [1.54, 1.807) is 26.0 Å². The van der Waals surface area contributed by atoms with Crippen LogP contribution in [0.1, 0.15) is 54.2 Å². The number of carbonyl (C=O) groups excluding carboxylic acids is 3. The molecule has 2 heterocycles. The Balaban J connectivity index is 1.37. The van der Waals surface area contributed by atoms with Crippen molar-refractivity contribution in [2.75, 3.05) is 6.61 Å². The number of aromatic nitrogens is 2. The quantitative estimate of drug-likeness (QED) is 0.0523. The van der Waals surface area contributed by atoms with Gasteiger partial charge in [0.15, 0.2) is 6.61 Å². The van der Waals surface area contributed by atoms with Gasteiger partial charge in [0.25, 0.3) is 0 Å². The number of benzene rings is 3. The number of nitrogens with one attached hydrogen (secondary N) is 3. The van der Waals surface area contributed by atoms with Crippen LogP contribution in [0.3, 0.4) is 0 Å². The lowest BCUT2D eigenvalue weighted by molar-refractivity contribution is -0.152. The average Bonchev–Trinajstić information content (AvgIpc) is 3.77. The van der Waals surface area contributed by atoms with Gasteiger partial charge in [0.05, 0.1) is 11.7 Å². The van der Waals surface area contributed by atoms with Gasteiger partial charge in [-0.25, -0.2) is 14.6 Å². The monoisotopic (exact) mass is 720 g/mol. The first-order valence-electron chi connectivity index (χ1n) is 16.6. The maximum atomic E-state index is 14.0. The van der Waals surface area contributed by atoms with Crippen LogP contribution in [0.4, 0.5) is 0 Å². The molecule has 0 unspecified atom stereocenters. The molecule has 3 aromatic carbocycles. The van der Waals surface area contributed by atoms with Gasteiger partial charge in [-0.1, -0.05) is 60.7 Å². The highest BCUT2D eigenvalue weighted by molar-refractivity contribution is 7.09. The minimum atomic E-state index is -1.24. The number of hydrogen-bond acceptors (Lipinski definition) is 8. The Kier molecular flexibility index (Phi) is 12.7. The highest BCUT2D eigenvalue weighted by Gasteiger charge is 2.26. The standard InChI is InChI=1S/C40H40N4O7S/c1-25(17-26(2)40(49)51-23-37(46)47)18-31-24-52-39(43-31)36(19-28-13-15-32(16-14-28)50-22-29-9-5-4-6-10-29)44-38(48)35(42-27(3)45)20-30-21-41-34-12-8-7-11-33(30)34/h4-18,21,24,35-36,41H,19-20,22-23H2,1-3H3,(H,42,45)(H,44,48)(H,46,47)/b25-18+,26-17-/t35-,36-/m0/s1. The molecule has 12 heteroatoms. The number of nitrogens with zero attached hydrogens (tertiary/aromatic N) is 1. The van der Waals surface area contributed by atoms with E-state index < -0.39 is 30.6 Å². The third-order valence-electron chi connectivity index (χ3n) is 8.03. The summed E-state index contributed by atoms with van der Waals surface area (Å²) in [5.74, 6) is -1.93. The van der Waals surface area contributed by atoms with Gasteiger partial charge in [0.1, 0.15) is 23.4 Å². The van der Waals surface area contributed by atoms with E-state index in [1.165, 1.54) is 18.3 Å². The van der Waals surface area contributed by atoms with Crippen molar-refractivity contribution in [3.63, 3.8) is 0 Å². The lowest BCUT2D eigenvalue weighted by atomic mass is 10.0. The fraction of sp³-hybridized carbons (Fsp3) is 0.225. The second-order valence-corrected chi connectivity index (χ2v) is 13.2. The Hall–Kier alpha value is -6.01. The van der Waals surface area contributed by atoms with Crippen LogP contribution in [0.15, 0.2) is 108 Å². The molecule has 2 amide bonds. The van der Waals surface area contributed by atoms with Crippen LogP contribution in [0, 0.1) is 0 Å². The number of H-pyrrole nitrogens is 1. The predicted molar refractivity (Wildman–Crippen MR) is 200 cm³/mol. The molecule has 0 aliphatic heterocycles. The zero-order valence-corrected chi connectivity index (χ0v) is 29.9. The number of aliphatic carboxylic acids is 1. The number of fused-ring (bicyclic) bond motifs is 1. The van der Waals surface area contributed by atoms with Crippen molar-refractivity contribution >= 4 is 52.1 Å². The van der Waals surface area contributed by atoms with Crippen molar-refractivity contribution in [2.24, 2.45) is 0 Å². The number of para-hydroxylation sites is 1. The summed E-state index contributed by atoms with van der Waals surface area (Å²) in [6.45, 7) is 4.43. The highest BCUT2D eigenvalue weighted by Crippen LogP contribution is 2.26. The first kappa shape index (κ1) is 37.3. The molecule has 0 fully saturated rings. The molecule has 0 aliphatic carbocycles. The molecular formula is C40H40N4O7S. The topological polar surface area (TPSA) is 160 Å². The second kappa shape index (κ2) is 17.8. The number of rotatable bonds is 16. The number of hydrogen-bond donors (Lipinski definition) is 4. The summed E-state index contributed by atoms with van der Waals surface area (Å²) in [6, 6.07) is 24.0. The molecule has 0 radical (unpaired) electrons. The Labute approximate surface area is 305 Å². The Morgan fingerprint density at radius 3 is 2.37 bits per heavy atom. The summed E-state index contributed by atoms with van der Waals surface area (Å²) in [6.07, 6.45) is 5.92. The van der Waals surface area contributed by atoms with Crippen LogP contribution in [0.25, 0.3) is 17.0 Å². The number of thiazole rings is 1. The van der Waals surface area contributed by atoms with Gasteiger partial charge in [-0.2, -0.15) is 0 Å². The average molecular weight is 721 g/mol. The molecule has 2 aromatic heterocycles. The van der Waals surface area contributed by atoms with E-state index in [9.17, 15) is 19.2 Å². The first-order chi connectivity index (χ1) is 25.0. The maximum absolute atomic E-state index is 14.0. The van der Waals surface area contributed by atoms with Gasteiger partial charge in [0.2, 0.25) is 11.8 Å². The predicted octanol–water partition coefficient (Wildman–Crippen LogP) is 6.33. The number of aromatic amines is 1. The molecular weight excluding hydrogens is 681 g/mol. The summed E-state index contributed by atoms with van der Waals surface area (Å²) in [5, 5.41) is 18.2. The number of carboxylic acids is 1. The summed E-state index contributed by atoms with van der Waals surface area (Å²) in [4.78, 5) is 57.2. The van der Waals surface area contributed by atoms with Gasteiger partial charge in [-0.05, 0) is 72.9 Å². The normalized spacial score (nSPS) is 12.9. The molecule has 4 N–H and O–H groups in total. The zero-order valence-electron chi connectivity index (χ0n) is 29.1. The minimum absolute atomic E-state index is 0.242. The smallest absolute Gasteiger partial charge is 0.341 e. The van der Waals surface area contributed by atoms with Crippen LogP contribution in [-0.2, 0) is 43.4 Å². The number of esters is 1. The minimum Gasteiger partial charge on any atom is -0.489 e. The van der Waals surface area contributed by atoms with E-state index in [2.05, 4.69) is 15.6 Å². The fourth-order valence-electron chi connectivity index (χ4n) is 5.59. The zero-order chi connectivity index (χ0) is 37.0. The Morgan fingerprint density at radius 1 is 0.904 bits per heavy atom. The number of allylic oxidation sites excluding steroid dienone is 2. The van der Waals surface area contributed by atoms with Crippen molar-refractivity contribution in [3.05, 3.63) is 135 Å². The molecule has 11 nitrogen and oxygen atoms in total. The van der Waals surface area contributed by atoms with Gasteiger partial charge in [0, 0.05) is 41.4 Å². The highest BCUT2D eigenvalue weighted by atomic mass is 32.1. The van der Waals surface area contributed by atoms with Gasteiger partial charge in [-0.15, -0.1) is 11.3 Å². The van der Waals surface area contributed by atoms with Crippen molar-refractivity contribution in [3.8, 4) is 5.75 Å². The van der Waals surface area contributed by atoms with Crippen LogP contribution in [0.2, 0.25) is 0 Å². The van der Waals surface area contributed by atoms with E-state index in [-0.39, 0.29) is 23.8 Å². The van der Waals surface area contributed by atoms with E-state index in [1.807, 2.05) is 90.4 Å². The molecule has 268 valence electrons. The molecule has 0 saturated carbocycles. The van der Waals surface area contributed by atoms with E-state index in [4.69, 9.17) is 19.6 Å². The van der Waals surface area contributed by atoms with Crippen molar-refractivity contribution in [2.45, 2.75) is 52.3 Å². The van der Waals surface area contributed by atoms with Gasteiger partial charge in [-0.3, -0.25) is 9.59 Å². The summed E-state index contributed by atoms with van der Waals surface area (Å²) in [5.41, 5.74) is 5.38. The molecule has 2 atom stereocenters. The van der Waals surface area contributed by atoms with Crippen LogP contribution < -0.4 is 15.4 Å². The van der Waals surface area contributed by atoms with Crippen LogP contribution >= 0.6 is 11.3 Å². The van der Waals surface area contributed by atoms with Crippen LogP contribution in [0.5, 0.6) is 5.75 Å². The summed E-state index contributed by atoms with van der Waals surface area (Å²) < 4.78 is 10.7. The van der Waals surface area contributed by atoms with Crippen LogP contribution in [-0.4, -0.2) is 51.5 Å². The number of carbonyl (C=O) groups is 4. The fourth-order valence-corrected chi connectivity index (χ4v) is 6.42. The number of carboxylic acid groups (broad SMARTS) is 1. The molecule has 52 heavy (non-hydrogen) atoms. The summed E-state index contributed by atoms with van der Waals surface area (Å²) in [7, 11) is 0. The lowest BCUT2D eigenvalue weighted by Gasteiger charge is -2.22. The summed E-state index contributed by atoms with van der Waals surface area (Å²) >= 11 is 1.37. The molecule has 5 rings (SSSR count). The van der Waals surface area contributed by atoms with E-state index >= 15 is 0 Å². The molecule has 0 bridgehead atoms. The third kappa shape index (κ3) is 10.7. The molecule has 5 aromatic rings. The van der Waals surface area contributed by atoms with Crippen molar-refractivity contribution in [1.82, 2.24) is 20.6 Å². The number of ether oxygens (including phenoxy) is 2. The third-order valence-corrected chi connectivity index (χ3v) is 9.00. The largest absolute Gasteiger partial charge is 0.489 e. The Morgan fingerprint density at radius 2 is 1.63 bits per heavy atom. The first-order valence-corrected chi connectivity index (χ1v) is 17.5. The lowest BCUT2D eigenvalue weighted by Crippen LogP contribution is -2.48. The van der Waals surface area contributed by atoms with Crippen molar-refractivity contribution < 1.29 is 33.8 Å². The van der Waals surface area contributed by atoms with Gasteiger partial charge < -0.3 is 30.2 Å². The molecule has 0 saturated heterocycles. The van der Waals surface area contributed by atoms with Crippen molar-refractivity contribution in [1.29, 1.82) is 0 Å². The maximum Gasteiger partial charge on any atom is 0.341 e. The SMILES string of the molecule is CC(=O)N[C@@H](Cc1c[nH]c2ccccc12)C(=O)N[C@@H](Cc1ccc(OCc2ccccc2)cc1)c1nc(/C=C(C)/C=C(/C)C(=O)OCC(=O)O)cs1. The molecule has 0 aliphatic rings.